The number of anilines is 1. The van der Waals surface area contributed by atoms with Gasteiger partial charge < -0.3 is 16.2 Å². The first-order chi connectivity index (χ1) is 8.88. The Morgan fingerprint density at radius 1 is 1.26 bits per heavy atom. The summed E-state index contributed by atoms with van der Waals surface area (Å²) >= 11 is 0. The van der Waals surface area contributed by atoms with E-state index in [-0.39, 0.29) is 18.8 Å². The second-order valence-electron chi connectivity index (χ2n) is 3.42. The molecule has 0 aromatic heterocycles. The lowest BCUT2D eigenvalue weighted by molar-refractivity contribution is -0.392. The van der Waals surface area contributed by atoms with E-state index in [1.165, 1.54) is 0 Å². The molecular formula is C9H10N4O6. The number of carboxylic acids is 1. The normalized spacial score (nSPS) is 9.95. The van der Waals surface area contributed by atoms with Crippen molar-refractivity contribution in [1.82, 2.24) is 0 Å². The summed E-state index contributed by atoms with van der Waals surface area (Å²) in [5.41, 5.74) is 2.96. The van der Waals surface area contributed by atoms with Gasteiger partial charge in [0.2, 0.25) is 0 Å². The number of nitrogens with one attached hydrogen (secondary N) is 1. The van der Waals surface area contributed by atoms with Gasteiger partial charge >= 0.3 is 5.97 Å². The predicted molar refractivity (Wildman–Crippen MR) is 64.3 cm³/mol. The molecule has 0 saturated carbocycles. The van der Waals surface area contributed by atoms with Gasteiger partial charge in [0.15, 0.2) is 5.69 Å². The van der Waals surface area contributed by atoms with Gasteiger partial charge in [0.1, 0.15) is 0 Å². The summed E-state index contributed by atoms with van der Waals surface area (Å²) in [5.74, 6) is -1.49. The van der Waals surface area contributed by atoms with Gasteiger partial charge in [-0.25, -0.2) is 4.79 Å². The Morgan fingerprint density at radius 3 is 2.05 bits per heavy atom. The third kappa shape index (κ3) is 3.13. The number of nitro benzene ring substituents is 2. The Morgan fingerprint density at radius 2 is 1.74 bits per heavy atom. The lowest BCUT2D eigenvalue weighted by atomic mass is 10.1. The number of nitro groups is 2. The summed E-state index contributed by atoms with van der Waals surface area (Å²) in [6.45, 7) is 0.184. The molecular weight excluding hydrogens is 260 g/mol. The lowest BCUT2D eigenvalue weighted by Crippen LogP contribution is -2.15. The van der Waals surface area contributed by atoms with Gasteiger partial charge in [0.25, 0.3) is 11.4 Å². The van der Waals surface area contributed by atoms with E-state index in [1.54, 1.807) is 0 Å². The molecule has 4 N–H and O–H groups in total. The molecule has 0 fully saturated rings. The summed E-state index contributed by atoms with van der Waals surface area (Å²) in [6, 6.07) is 1.52. The van der Waals surface area contributed by atoms with Crippen molar-refractivity contribution in [2.75, 3.05) is 18.4 Å². The number of carboxylic acid groups (broad SMARTS) is 1. The lowest BCUT2D eigenvalue weighted by Gasteiger charge is -2.07. The predicted octanol–water partition coefficient (Wildman–Crippen LogP) is 0.572. The summed E-state index contributed by atoms with van der Waals surface area (Å²) in [5, 5.41) is 32.9. The zero-order chi connectivity index (χ0) is 14.6. The molecule has 0 spiro atoms. The third-order valence-electron chi connectivity index (χ3n) is 2.18. The van der Waals surface area contributed by atoms with Crippen LogP contribution < -0.4 is 11.1 Å². The Labute approximate surface area is 106 Å². The van der Waals surface area contributed by atoms with Crippen LogP contribution >= 0.6 is 0 Å². The van der Waals surface area contributed by atoms with Crippen LogP contribution in [0.2, 0.25) is 0 Å². The number of carbonyl (C=O) groups is 1. The van der Waals surface area contributed by atoms with Gasteiger partial charge in [-0.1, -0.05) is 0 Å². The molecule has 0 saturated heterocycles. The molecule has 0 atom stereocenters. The molecule has 0 amide bonds. The highest BCUT2D eigenvalue weighted by Gasteiger charge is 2.28. The number of benzene rings is 1. The summed E-state index contributed by atoms with van der Waals surface area (Å²) in [4.78, 5) is 30.7. The van der Waals surface area contributed by atoms with E-state index in [0.29, 0.717) is 0 Å². The zero-order valence-electron chi connectivity index (χ0n) is 9.53. The van der Waals surface area contributed by atoms with Gasteiger partial charge in [-0.3, -0.25) is 20.2 Å². The Bertz CT molecular complexity index is 509. The molecule has 0 bridgehead atoms. The number of aromatic carboxylic acids is 1. The highest BCUT2D eigenvalue weighted by Crippen LogP contribution is 2.35. The fourth-order valence-corrected chi connectivity index (χ4v) is 1.40. The number of nitrogens with two attached hydrogens (primary N) is 1. The average Bonchev–Trinajstić information content (AvgIpc) is 2.34. The first-order valence-corrected chi connectivity index (χ1v) is 5.02. The van der Waals surface area contributed by atoms with E-state index in [2.05, 4.69) is 5.32 Å². The van der Waals surface area contributed by atoms with Crippen molar-refractivity contribution in [3.8, 4) is 0 Å². The molecule has 0 radical (unpaired) electrons. The molecule has 0 heterocycles. The molecule has 1 aromatic carbocycles. The van der Waals surface area contributed by atoms with Crippen LogP contribution in [0.4, 0.5) is 17.1 Å². The summed E-state index contributed by atoms with van der Waals surface area (Å²) < 4.78 is 0. The van der Waals surface area contributed by atoms with Gasteiger partial charge in [0, 0.05) is 25.2 Å². The maximum atomic E-state index is 10.9. The summed E-state index contributed by atoms with van der Waals surface area (Å²) in [6.07, 6.45) is 0. The molecule has 10 heteroatoms. The average molecular weight is 270 g/mol. The van der Waals surface area contributed by atoms with Crippen molar-refractivity contribution in [3.05, 3.63) is 37.9 Å². The molecule has 0 aliphatic heterocycles. The van der Waals surface area contributed by atoms with Gasteiger partial charge in [0.05, 0.1) is 15.4 Å². The number of hydrogen-bond donors (Lipinski definition) is 3. The molecule has 102 valence electrons. The van der Waals surface area contributed by atoms with E-state index >= 15 is 0 Å². The molecule has 1 rings (SSSR count). The highest BCUT2D eigenvalue weighted by molar-refractivity contribution is 5.92. The van der Waals surface area contributed by atoms with Crippen molar-refractivity contribution in [2.45, 2.75) is 0 Å². The molecule has 0 unspecified atom stereocenters. The molecule has 10 nitrogen and oxygen atoms in total. The van der Waals surface area contributed by atoms with Crippen molar-refractivity contribution in [2.24, 2.45) is 5.73 Å². The minimum Gasteiger partial charge on any atom is -0.478 e. The van der Waals surface area contributed by atoms with Crippen LogP contribution in [0.5, 0.6) is 0 Å². The van der Waals surface area contributed by atoms with E-state index in [9.17, 15) is 25.0 Å². The van der Waals surface area contributed by atoms with Crippen molar-refractivity contribution < 1.29 is 19.7 Å². The first kappa shape index (κ1) is 14.3. The van der Waals surface area contributed by atoms with Crippen molar-refractivity contribution in [3.63, 3.8) is 0 Å². The van der Waals surface area contributed by atoms with E-state index < -0.39 is 32.8 Å². The van der Waals surface area contributed by atoms with Crippen LogP contribution in [-0.4, -0.2) is 34.0 Å². The number of hydrogen-bond acceptors (Lipinski definition) is 7. The standard InChI is InChI=1S/C9H10N4O6/c10-1-2-11-8-6(12(16)17)3-5(9(14)15)4-7(8)13(18)19/h3-4,11H,1-2,10H2,(H,14,15). The fraction of sp³-hybridized carbons (Fsp3) is 0.222. The van der Waals surface area contributed by atoms with E-state index in [0.717, 1.165) is 12.1 Å². The van der Waals surface area contributed by atoms with Crippen LogP contribution in [0.3, 0.4) is 0 Å². The Hall–Kier alpha value is -2.75. The maximum absolute atomic E-state index is 10.9. The number of nitrogens with zero attached hydrogens (tertiary/aromatic N) is 2. The Kier molecular flexibility index (Phi) is 4.32. The minimum absolute atomic E-state index is 0.0775. The third-order valence-corrected chi connectivity index (χ3v) is 2.18. The Balaban J connectivity index is 3.50. The fourth-order valence-electron chi connectivity index (χ4n) is 1.40. The molecule has 0 aliphatic rings. The second-order valence-corrected chi connectivity index (χ2v) is 3.42. The second kappa shape index (κ2) is 5.73. The van der Waals surface area contributed by atoms with E-state index in [1.807, 2.05) is 0 Å². The van der Waals surface area contributed by atoms with E-state index in [4.69, 9.17) is 10.8 Å². The topological polar surface area (TPSA) is 162 Å². The van der Waals surface area contributed by atoms with Gasteiger partial charge in [-0.2, -0.15) is 0 Å². The quantitative estimate of drug-likeness (QED) is 0.499. The van der Waals surface area contributed by atoms with Crippen LogP contribution in [0, 0.1) is 20.2 Å². The van der Waals surface area contributed by atoms with Gasteiger partial charge in [-0.15, -0.1) is 0 Å². The minimum atomic E-state index is -1.49. The number of rotatable bonds is 6. The van der Waals surface area contributed by atoms with Crippen molar-refractivity contribution in [1.29, 1.82) is 0 Å². The van der Waals surface area contributed by atoms with Crippen LogP contribution in [0.1, 0.15) is 10.4 Å². The molecule has 0 aliphatic carbocycles. The van der Waals surface area contributed by atoms with Gasteiger partial charge in [-0.05, 0) is 0 Å². The first-order valence-electron chi connectivity index (χ1n) is 5.02. The van der Waals surface area contributed by atoms with Crippen LogP contribution in [-0.2, 0) is 0 Å². The molecule has 19 heavy (non-hydrogen) atoms. The maximum Gasteiger partial charge on any atom is 0.336 e. The largest absolute Gasteiger partial charge is 0.478 e. The van der Waals surface area contributed by atoms with Crippen molar-refractivity contribution >= 4 is 23.0 Å². The summed E-state index contributed by atoms with van der Waals surface area (Å²) in [7, 11) is 0. The monoisotopic (exact) mass is 270 g/mol. The zero-order valence-corrected chi connectivity index (χ0v) is 9.53. The SMILES string of the molecule is NCCNc1c([N+](=O)[O-])cc(C(=O)O)cc1[N+](=O)[O-]. The molecule has 1 aromatic rings. The highest BCUT2D eigenvalue weighted by atomic mass is 16.6. The van der Waals surface area contributed by atoms with Crippen LogP contribution in [0.25, 0.3) is 0 Å². The smallest absolute Gasteiger partial charge is 0.336 e. The van der Waals surface area contributed by atoms with Crippen LogP contribution in [0.15, 0.2) is 12.1 Å².